The third-order valence-electron chi connectivity index (χ3n) is 3.80. The predicted octanol–water partition coefficient (Wildman–Crippen LogP) is 2.82. The minimum absolute atomic E-state index is 0.184. The van der Waals surface area contributed by atoms with Crippen molar-refractivity contribution in [3.8, 4) is 11.5 Å². The van der Waals surface area contributed by atoms with Crippen molar-refractivity contribution in [3.63, 3.8) is 0 Å². The van der Waals surface area contributed by atoms with Gasteiger partial charge in [-0.3, -0.25) is 0 Å². The topological polar surface area (TPSA) is 85.2 Å². The first-order valence-corrected chi connectivity index (χ1v) is 9.18. The Morgan fingerprint density at radius 3 is 2.33 bits per heavy atom. The van der Waals surface area contributed by atoms with Crippen LogP contribution in [-0.4, -0.2) is 25.7 Å². The molecule has 2 aromatic rings. The summed E-state index contributed by atoms with van der Waals surface area (Å²) in [5.74, 6) is 1.07. The van der Waals surface area contributed by atoms with E-state index >= 15 is 0 Å². The Balaban J connectivity index is 1.71. The molecule has 1 aliphatic heterocycles. The fraction of sp³-hybridized carbons (Fsp3) is 0.235. The molecule has 0 saturated carbocycles. The van der Waals surface area contributed by atoms with Gasteiger partial charge >= 0.3 is 0 Å². The number of aromatic hydroxyl groups is 1. The lowest BCUT2D eigenvalue weighted by atomic mass is 9.93. The molecule has 6 nitrogen and oxygen atoms in total. The zero-order valence-electron chi connectivity index (χ0n) is 13.3. The molecule has 1 N–H and O–H groups in total. The van der Waals surface area contributed by atoms with Crippen LogP contribution in [0.2, 0.25) is 0 Å². The van der Waals surface area contributed by atoms with E-state index in [0.29, 0.717) is 18.1 Å². The van der Waals surface area contributed by atoms with Crippen molar-refractivity contribution >= 4 is 15.7 Å². The summed E-state index contributed by atoms with van der Waals surface area (Å²) in [6, 6.07) is 12.9. The second kappa shape index (κ2) is 5.83. The first kappa shape index (κ1) is 16.3. The highest BCUT2D eigenvalue weighted by molar-refractivity contribution is 7.90. The van der Waals surface area contributed by atoms with Crippen molar-refractivity contribution in [1.82, 2.24) is 0 Å². The van der Waals surface area contributed by atoms with E-state index < -0.39 is 15.4 Å². The summed E-state index contributed by atoms with van der Waals surface area (Å²) in [4.78, 5) is 5.74. The van der Waals surface area contributed by atoms with E-state index in [4.69, 9.17) is 9.57 Å². The summed E-state index contributed by atoms with van der Waals surface area (Å²) in [7, 11) is -3.24. The molecule has 126 valence electrons. The van der Waals surface area contributed by atoms with E-state index in [2.05, 4.69) is 5.16 Å². The second-order valence-electron chi connectivity index (χ2n) is 5.88. The fourth-order valence-electron chi connectivity index (χ4n) is 2.42. The molecule has 0 aliphatic carbocycles. The van der Waals surface area contributed by atoms with Crippen LogP contribution in [0.5, 0.6) is 11.5 Å². The molecule has 0 fully saturated rings. The number of nitrogens with zero attached hydrogens (tertiary/aromatic N) is 1. The lowest BCUT2D eigenvalue weighted by Gasteiger charge is -2.21. The van der Waals surface area contributed by atoms with Crippen molar-refractivity contribution in [2.24, 2.45) is 5.16 Å². The normalized spacial score (nSPS) is 20.3. The number of phenolic OH excluding ortho intramolecular Hbond substituents is 1. The highest BCUT2D eigenvalue weighted by Crippen LogP contribution is 2.35. The Morgan fingerprint density at radius 2 is 1.75 bits per heavy atom. The highest BCUT2D eigenvalue weighted by Gasteiger charge is 2.37. The third-order valence-corrected chi connectivity index (χ3v) is 4.93. The molecule has 0 saturated heterocycles. The molecule has 1 heterocycles. The minimum atomic E-state index is -3.24. The van der Waals surface area contributed by atoms with Gasteiger partial charge in [0, 0.05) is 6.26 Å². The van der Waals surface area contributed by atoms with Gasteiger partial charge in [-0.05, 0) is 48.9 Å². The van der Waals surface area contributed by atoms with Gasteiger partial charge in [0.25, 0.3) is 0 Å². The lowest BCUT2D eigenvalue weighted by Crippen LogP contribution is -2.23. The Bertz CT molecular complexity index is 872. The maximum atomic E-state index is 11.5. The van der Waals surface area contributed by atoms with Gasteiger partial charge in [-0.1, -0.05) is 17.3 Å². The van der Waals surface area contributed by atoms with Gasteiger partial charge in [-0.2, -0.15) is 0 Å². The zero-order chi connectivity index (χ0) is 17.4. The summed E-state index contributed by atoms with van der Waals surface area (Å²) < 4.78 is 28.6. The maximum absolute atomic E-state index is 11.5. The molecule has 0 aromatic heterocycles. The van der Waals surface area contributed by atoms with Crippen LogP contribution in [0.4, 0.5) is 0 Å². The smallest absolute Gasteiger partial charge is 0.235 e. The average Bonchev–Trinajstić information content (AvgIpc) is 2.90. The number of sulfone groups is 1. The van der Waals surface area contributed by atoms with E-state index in [0.717, 1.165) is 11.8 Å². The third kappa shape index (κ3) is 3.35. The van der Waals surface area contributed by atoms with Crippen LogP contribution in [0.15, 0.2) is 58.6 Å². The number of hydrogen-bond donors (Lipinski definition) is 1. The molecule has 0 radical (unpaired) electrons. The first-order chi connectivity index (χ1) is 11.3. The zero-order valence-corrected chi connectivity index (χ0v) is 14.1. The number of phenols is 1. The molecular formula is C17H17NO5S. The SMILES string of the molecule is C[C@]1(c2ccc(O)cc2)CC(Oc2ccc(S(C)(=O)=O)cc2)=NO1. The van der Waals surface area contributed by atoms with E-state index in [1.807, 2.05) is 6.92 Å². The molecule has 2 aromatic carbocycles. The molecule has 24 heavy (non-hydrogen) atoms. The van der Waals surface area contributed by atoms with Crippen molar-refractivity contribution in [2.75, 3.05) is 6.26 Å². The molecule has 7 heteroatoms. The van der Waals surface area contributed by atoms with E-state index in [1.165, 1.54) is 12.1 Å². The highest BCUT2D eigenvalue weighted by atomic mass is 32.2. The quantitative estimate of drug-likeness (QED) is 0.923. The van der Waals surface area contributed by atoms with Crippen LogP contribution in [0.25, 0.3) is 0 Å². The van der Waals surface area contributed by atoms with Gasteiger partial charge in [0.05, 0.1) is 11.3 Å². The molecular weight excluding hydrogens is 330 g/mol. The van der Waals surface area contributed by atoms with Crippen molar-refractivity contribution in [3.05, 3.63) is 54.1 Å². The van der Waals surface area contributed by atoms with E-state index in [9.17, 15) is 13.5 Å². The summed E-state index contributed by atoms with van der Waals surface area (Å²) in [6.45, 7) is 1.88. The minimum Gasteiger partial charge on any atom is -0.508 e. The van der Waals surface area contributed by atoms with E-state index in [-0.39, 0.29) is 10.6 Å². The predicted molar refractivity (Wildman–Crippen MR) is 88.8 cm³/mol. The Kier molecular flexibility index (Phi) is 3.96. The lowest BCUT2D eigenvalue weighted by molar-refractivity contribution is -0.00742. The summed E-state index contributed by atoms with van der Waals surface area (Å²) in [5, 5.41) is 13.3. The number of hydrogen-bond acceptors (Lipinski definition) is 6. The standard InChI is InChI=1S/C17H17NO5S/c1-17(12-3-5-13(19)6-4-12)11-16(18-23-17)22-14-7-9-15(10-8-14)24(2,20)21/h3-10,19H,11H2,1-2H3/t17-/m1/s1. The van der Waals surface area contributed by atoms with Crippen LogP contribution in [0.1, 0.15) is 18.9 Å². The number of benzene rings is 2. The molecule has 0 amide bonds. The van der Waals surface area contributed by atoms with Gasteiger partial charge in [0.1, 0.15) is 11.5 Å². The van der Waals surface area contributed by atoms with Gasteiger partial charge in [-0.15, -0.1) is 0 Å². The monoisotopic (exact) mass is 347 g/mol. The van der Waals surface area contributed by atoms with Crippen LogP contribution < -0.4 is 4.74 Å². The summed E-state index contributed by atoms with van der Waals surface area (Å²) in [6.07, 6.45) is 1.58. The average molecular weight is 347 g/mol. The van der Waals surface area contributed by atoms with Crippen LogP contribution in [0, 0.1) is 0 Å². The number of ether oxygens (including phenoxy) is 1. The van der Waals surface area contributed by atoms with Gasteiger partial charge < -0.3 is 14.7 Å². The molecule has 0 unspecified atom stereocenters. The van der Waals surface area contributed by atoms with Crippen LogP contribution in [-0.2, 0) is 20.3 Å². The van der Waals surface area contributed by atoms with E-state index in [1.54, 1.807) is 36.4 Å². The largest absolute Gasteiger partial charge is 0.508 e. The first-order valence-electron chi connectivity index (χ1n) is 7.29. The van der Waals surface area contributed by atoms with Crippen LogP contribution in [0.3, 0.4) is 0 Å². The molecule has 3 rings (SSSR count). The number of rotatable bonds is 3. The molecule has 1 atom stereocenters. The Labute approximate surface area is 140 Å². The number of oxime groups is 1. The molecule has 1 aliphatic rings. The fourth-order valence-corrected chi connectivity index (χ4v) is 3.05. The van der Waals surface area contributed by atoms with Gasteiger partial charge in [0.2, 0.25) is 5.90 Å². The second-order valence-corrected chi connectivity index (χ2v) is 7.89. The van der Waals surface area contributed by atoms with Crippen molar-refractivity contribution in [2.45, 2.75) is 23.8 Å². The molecule has 0 spiro atoms. The Hall–Kier alpha value is -2.54. The van der Waals surface area contributed by atoms with Gasteiger partial charge in [-0.25, -0.2) is 8.42 Å². The molecule has 0 bridgehead atoms. The summed E-state index contributed by atoms with van der Waals surface area (Å²) in [5.41, 5.74) is 0.200. The van der Waals surface area contributed by atoms with Crippen molar-refractivity contribution in [1.29, 1.82) is 0 Å². The van der Waals surface area contributed by atoms with Gasteiger partial charge in [0.15, 0.2) is 15.4 Å². The van der Waals surface area contributed by atoms with Crippen LogP contribution >= 0.6 is 0 Å². The van der Waals surface area contributed by atoms with Crippen molar-refractivity contribution < 1.29 is 23.1 Å². The summed E-state index contributed by atoms with van der Waals surface area (Å²) >= 11 is 0. The Morgan fingerprint density at radius 1 is 1.12 bits per heavy atom. The maximum Gasteiger partial charge on any atom is 0.235 e.